The summed E-state index contributed by atoms with van der Waals surface area (Å²) in [6.07, 6.45) is 6.34. The fraction of sp³-hybridized carbons (Fsp3) is 0.548. The molecule has 38 heavy (non-hydrogen) atoms. The highest BCUT2D eigenvalue weighted by molar-refractivity contribution is 6.37. The maximum absolute atomic E-state index is 12.4. The van der Waals surface area contributed by atoms with Gasteiger partial charge in [-0.3, -0.25) is 20.5 Å². The molecular weight excluding hydrogens is 494 g/mol. The number of hydrazine groups is 1. The number of benzene rings is 2. The number of hydrogen-bond donors (Lipinski definition) is 3. The van der Waals surface area contributed by atoms with E-state index in [9.17, 15) is 4.79 Å². The third kappa shape index (κ3) is 7.96. The summed E-state index contributed by atoms with van der Waals surface area (Å²) in [6.45, 7) is 9.15. The van der Waals surface area contributed by atoms with Gasteiger partial charge in [-0.15, -0.1) is 0 Å². The van der Waals surface area contributed by atoms with Gasteiger partial charge in [0.1, 0.15) is 11.4 Å². The molecule has 7 heteroatoms. The first kappa shape index (κ1) is 30.5. The van der Waals surface area contributed by atoms with Crippen LogP contribution in [0.2, 0.25) is 5.02 Å². The maximum Gasteiger partial charge on any atom is 0.168 e. The first-order valence-corrected chi connectivity index (χ1v) is 14.3. The van der Waals surface area contributed by atoms with Crippen LogP contribution in [0, 0.1) is 17.8 Å². The molecule has 2 aromatic rings. The van der Waals surface area contributed by atoms with E-state index in [-0.39, 0.29) is 12.2 Å². The molecule has 1 aliphatic rings. The number of nitrogens with zero attached hydrogens (tertiary/aromatic N) is 2. The third-order valence-electron chi connectivity index (χ3n) is 7.89. The highest BCUT2D eigenvalue weighted by Crippen LogP contribution is 2.45. The van der Waals surface area contributed by atoms with Crippen LogP contribution in [0.1, 0.15) is 82.5 Å². The zero-order valence-electron chi connectivity index (χ0n) is 23.7. The Hall–Kier alpha value is -2.09. The van der Waals surface area contributed by atoms with Crippen molar-refractivity contribution in [2.75, 3.05) is 7.05 Å². The number of rotatable bonds is 12. The quantitative estimate of drug-likeness (QED) is 0.103. The summed E-state index contributed by atoms with van der Waals surface area (Å²) in [6, 6.07) is 16.3. The van der Waals surface area contributed by atoms with Gasteiger partial charge in [0.05, 0.1) is 6.17 Å². The Kier molecular flexibility index (Phi) is 11.1. The summed E-state index contributed by atoms with van der Waals surface area (Å²) in [4.78, 5) is 20.2. The van der Waals surface area contributed by atoms with Crippen molar-refractivity contribution in [1.82, 2.24) is 10.3 Å². The molecule has 0 amide bonds. The number of carbonyl (C=O) groups excluding carboxylic acids is 1. The fourth-order valence-electron chi connectivity index (χ4n) is 6.10. The van der Waals surface area contributed by atoms with Crippen LogP contribution >= 0.6 is 11.6 Å². The van der Waals surface area contributed by atoms with E-state index in [1.807, 2.05) is 24.3 Å². The van der Waals surface area contributed by atoms with E-state index in [1.165, 1.54) is 12.0 Å². The molecule has 6 nitrogen and oxygen atoms in total. The first-order chi connectivity index (χ1) is 18.1. The van der Waals surface area contributed by atoms with Crippen LogP contribution in [0.5, 0.6) is 0 Å². The number of aldehydes is 1. The number of hydrogen-bond acceptors (Lipinski definition) is 6. The molecule has 0 radical (unpaired) electrons. The van der Waals surface area contributed by atoms with Crippen molar-refractivity contribution in [3.63, 3.8) is 0 Å². The van der Waals surface area contributed by atoms with Gasteiger partial charge in [0.2, 0.25) is 0 Å². The standard InChI is InChI=1S/C31H46ClN5O/c1-21(2)9-14-29(25-12-10-24(11-13-25)16-30(33)36-34)37(5)31(18-22(3)15-23(4)19-31)35-28(20-38)26-7-6-8-27(32)17-26/h6-8,10-13,17,20-23,29-30,36H,9,14-16,18-19,33-34H2,1-5H3/b35-28+. The van der Waals surface area contributed by atoms with Crippen LogP contribution in [-0.4, -0.2) is 35.8 Å². The minimum atomic E-state index is -0.498. The highest BCUT2D eigenvalue weighted by atomic mass is 35.5. The first-order valence-electron chi connectivity index (χ1n) is 13.9. The maximum atomic E-state index is 12.4. The number of nitrogens with one attached hydrogen (secondary N) is 1. The van der Waals surface area contributed by atoms with Crippen molar-refractivity contribution >= 4 is 23.6 Å². The number of carbonyl (C=O) groups is 1. The molecule has 1 saturated carbocycles. The van der Waals surface area contributed by atoms with E-state index in [0.29, 0.717) is 34.9 Å². The third-order valence-corrected chi connectivity index (χ3v) is 8.13. The zero-order chi connectivity index (χ0) is 27.9. The Bertz CT molecular complexity index is 1060. The van der Waals surface area contributed by atoms with Crippen molar-refractivity contribution in [3.8, 4) is 0 Å². The normalized spacial score (nSPS) is 24.0. The summed E-state index contributed by atoms with van der Waals surface area (Å²) in [5.74, 6) is 7.07. The highest BCUT2D eigenvalue weighted by Gasteiger charge is 2.44. The minimum Gasteiger partial charge on any atom is -0.315 e. The molecule has 1 fully saturated rings. The Balaban J connectivity index is 2.07. The Labute approximate surface area is 234 Å². The summed E-state index contributed by atoms with van der Waals surface area (Å²) in [5.41, 5.74) is 11.7. The lowest BCUT2D eigenvalue weighted by atomic mass is 9.74. The van der Waals surface area contributed by atoms with Gasteiger partial charge >= 0.3 is 0 Å². The summed E-state index contributed by atoms with van der Waals surface area (Å²) < 4.78 is 0. The van der Waals surface area contributed by atoms with Gasteiger partial charge < -0.3 is 5.73 Å². The topological polar surface area (TPSA) is 96.7 Å². The molecule has 0 saturated heterocycles. The molecular formula is C31H46ClN5O. The van der Waals surface area contributed by atoms with E-state index >= 15 is 0 Å². The number of aliphatic imine (C=N–C) groups is 1. The summed E-state index contributed by atoms with van der Waals surface area (Å²) in [7, 11) is 2.20. The average Bonchev–Trinajstić information content (AvgIpc) is 2.87. The molecule has 208 valence electrons. The van der Waals surface area contributed by atoms with Crippen LogP contribution in [0.25, 0.3) is 0 Å². The van der Waals surface area contributed by atoms with E-state index in [4.69, 9.17) is 28.2 Å². The molecule has 0 heterocycles. The molecule has 0 aliphatic heterocycles. The predicted molar refractivity (Wildman–Crippen MR) is 159 cm³/mol. The van der Waals surface area contributed by atoms with Crippen molar-refractivity contribution in [2.45, 2.75) is 84.1 Å². The van der Waals surface area contributed by atoms with Crippen molar-refractivity contribution in [3.05, 3.63) is 70.2 Å². The van der Waals surface area contributed by atoms with Gasteiger partial charge in [-0.1, -0.05) is 75.7 Å². The van der Waals surface area contributed by atoms with E-state index < -0.39 is 5.66 Å². The smallest absolute Gasteiger partial charge is 0.168 e. The number of nitrogens with two attached hydrogens (primary N) is 2. The van der Waals surface area contributed by atoms with Gasteiger partial charge in [-0.2, -0.15) is 0 Å². The van der Waals surface area contributed by atoms with Crippen LogP contribution < -0.4 is 17.0 Å². The Morgan fingerprint density at radius 2 is 1.82 bits per heavy atom. The molecule has 0 aromatic heterocycles. The molecule has 3 rings (SSSR count). The van der Waals surface area contributed by atoms with Gasteiger partial charge in [0.15, 0.2) is 6.29 Å². The predicted octanol–water partition coefficient (Wildman–Crippen LogP) is 5.88. The van der Waals surface area contributed by atoms with Crippen molar-refractivity contribution < 1.29 is 4.79 Å². The Morgan fingerprint density at radius 1 is 1.16 bits per heavy atom. The Morgan fingerprint density at radius 3 is 2.37 bits per heavy atom. The molecule has 4 unspecified atom stereocenters. The van der Waals surface area contributed by atoms with E-state index in [1.54, 1.807) is 0 Å². The average molecular weight is 540 g/mol. The largest absolute Gasteiger partial charge is 0.315 e. The van der Waals surface area contributed by atoms with Crippen LogP contribution in [0.4, 0.5) is 0 Å². The second-order valence-electron chi connectivity index (χ2n) is 11.8. The van der Waals surface area contributed by atoms with Crippen molar-refractivity contribution in [2.24, 2.45) is 34.3 Å². The van der Waals surface area contributed by atoms with E-state index in [0.717, 1.165) is 43.1 Å². The fourth-order valence-corrected chi connectivity index (χ4v) is 6.29. The molecule has 0 spiro atoms. The van der Waals surface area contributed by atoms with Crippen LogP contribution in [0.3, 0.4) is 0 Å². The van der Waals surface area contributed by atoms with Crippen molar-refractivity contribution in [1.29, 1.82) is 0 Å². The molecule has 4 atom stereocenters. The van der Waals surface area contributed by atoms with Gasteiger partial charge in [0.25, 0.3) is 0 Å². The number of halogens is 1. The van der Waals surface area contributed by atoms with E-state index in [2.05, 4.69) is 69.3 Å². The lowest BCUT2D eigenvalue weighted by Gasteiger charge is -2.49. The lowest BCUT2D eigenvalue weighted by molar-refractivity contribution is -0.102. The minimum absolute atomic E-state index is 0.154. The lowest BCUT2D eigenvalue weighted by Crippen LogP contribution is -2.52. The molecule has 0 bridgehead atoms. The molecule has 1 aliphatic carbocycles. The van der Waals surface area contributed by atoms with Crippen LogP contribution in [-0.2, 0) is 11.2 Å². The zero-order valence-corrected chi connectivity index (χ0v) is 24.4. The summed E-state index contributed by atoms with van der Waals surface area (Å²) >= 11 is 6.29. The molecule has 5 N–H and O–H groups in total. The second-order valence-corrected chi connectivity index (χ2v) is 12.2. The monoisotopic (exact) mass is 539 g/mol. The van der Waals surface area contributed by atoms with Gasteiger partial charge in [-0.05, 0) is 80.2 Å². The van der Waals surface area contributed by atoms with Crippen LogP contribution in [0.15, 0.2) is 53.5 Å². The molecule has 2 aromatic carbocycles. The van der Waals surface area contributed by atoms with Gasteiger partial charge in [0, 0.05) is 23.0 Å². The second kappa shape index (κ2) is 13.8. The van der Waals surface area contributed by atoms with Gasteiger partial charge in [-0.25, -0.2) is 5.43 Å². The SMILES string of the molecule is CC(C)CCC(c1ccc(CC(N)NN)cc1)N(C)C1(/N=C(\C=O)c2cccc(Cl)c2)CC(C)CC(C)C1. The summed E-state index contributed by atoms with van der Waals surface area (Å²) in [5, 5.41) is 0.601.